The lowest BCUT2D eigenvalue weighted by Crippen LogP contribution is -2.46. The normalized spacial score (nSPS) is 23.2. The molecule has 0 N–H and O–H groups in total. The van der Waals surface area contributed by atoms with E-state index in [1.165, 1.54) is 4.31 Å². The van der Waals surface area contributed by atoms with Crippen molar-refractivity contribution in [3.63, 3.8) is 0 Å². The fourth-order valence-corrected chi connectivity index (χ4v) is 5.75. The number of fused-ring (bicyclic) bond motifs is 2. The molecular weight excluding hydrogens is 402 g/mol. The topological polar surface area (TPSA) is 88.5 Å². The third-order valence-electron chi connectivity index (χ3n) is 5.44. The van der Waals surface area contributed by atoms with E-state index in [1.54, 1.807) is 30.7 Å². The molecule has 0 unspecified atom stereocenters. The van der Waals surface area contributed by atoms with Crippen LogP contribution in [0.2, 0.25) is 0 Å². The van der Waals surface area contributed by atoms with Gasteiger partial charge < -0.3 is 4.74 Å². The number of hydrogen-bond donors (Lipinski definition) is 0. The third kappa shape index (κ3) is 3.55. The first-order chi connectivity index (χ1) is 14.6. The van der Waals surface area contributed by atoms with E-state index in [-0.39, 0.29) is 29.5 Å². The van der Waals surface area contributed by atoms with Crippen LogP contribution in [0.4, 0.5) is 0 Å². The summed E-state index contributed by atoms with van der Waals surface area (Å²) in [5.74, 6) is 0.166. The molecule has 0 spiro atoms. The minimum atomic E-state index is -3.80. The molecule has 0 aliphatic carbocycles. The summed E-state index contributed by atoms with van der Waals surface area (Å²) in [4.78, 5) is 15.0. The summed E-state index contributed by atoms with van der Waals surface area (Å²) >= 11 is 0. The smallest absolute Gasteiger partial charge is 0.249 e. The Morgan fingerprint density at radius 2 is 1.83 bits per heavy atom. The van der Waals surface area contributed by atoms with Gasteiger partial charge in [0.15, 0.2) is 0 Å². The van der Waals surface area contributed by atoms with Crippen molar-refractivity contribution in [3.05, 3.63) is 78.5 Å². The fourth-order valence-electron chi connectivity index (χ4n) is 4.07. The molecule has 5 heterocycles. The Balaban J connectivity index is 1.51. The highest BCUT2D eigenvalue weighted by molar-refractivity contribution is 7.89. The summed E-state index contributed by atoms with van der Waals surface area (Å²) in [5.41, 5.74) is 1.77. The molecule has 2 atom stereocenters. The molecule has 3 aromatic rings. The molecule has 30 heavy (non-hydrogen) atoms. The number of likely N-dealkylation sites (tertiary alicyclic amines) is 1. The maximum atomic E-state index is 13.6. The maximum Gasteiger partial charge on any atom is 0.249 e. The molecule has 2 aliphatic rings. The summed E-state index contributed by atoms with van der Waals surface area (Å²) in [6, 6.07) is 12.3. The van der Waals surface area contributed by atoms with Crippen molar-refractivity contribution in [2.75, 3.05) is 13.1 Å². The Morgan fingerprint density at radius 1 is 0.967 bits per heavy atom. The molecule has 1 saturated heterocycles. The summed E-state index contributed by atoms with van der Waals surface area (Å²) in [6.45, 7) is 2.02. The zero-order valence-corrected chi connectivity index (χ0v) is 17.0. The van der Waals surface area contributed by atoms with Gasteiger partial charge in [-0.2, -0.15) is 4.31 Å². The van der Waals surface area contributed by atoms with Gasteiger partial charge in [0.25, 0.3) is 0 Å². The number of hydrogen-bond acceptors (Lipinski definition) is 7. The van der Waals surface area contributed by atoms with Gasteiger partial charge in [-0.25, -0.2) is 13.4 Å². The van der Waals surface area contributed by atoms with Crippen LogP contribution in [-0.2, 0) is 23.1 Å². The molecule has 0 amide bonds. The van der Waals surface area contributed by atoms with Crippen LogP contribution in [0.1, 0.15) is 11.3 Å². The molecule has 154 valence electrons. The van der Waals surface area contributed by atoms with Gasteiger partial charge in [-0.05, 0) is 35.9 Å². The maximum absolute atomic E-state index is 13.6. The number of nitrogens with zero attached hydrogens (tertiary/aromatic N) is 5. The predicted molar refractivity (Wildman–Crippen MR) is 109 cm³/mol. The van der Waals surface area contributed by atoms with Gasteiger partial charge in [0.05, 0.1) is 18.3 Å². The van der Waals surface area contributed by atoms with Crippen LogP contribution in [-0.4, -0.2) is 57.8 Å². The molecule has 0 aromatic carbocycles. The second-order valence-corrected chi connectivity index (χ2v) is 9.32. The standard InChI is InChI=1S/C21H21N5O3S/c27-30(28)20-7-4-10-24-21(20)29-19-15-25(12-16-5-3-8-22-11-16)14-18(19)26(30)13-17-6-1-2-9-23-17/h1-11,18-19H,12-15H2/t18-,19-/m1/s1. The first-order valence-corrected chi connectivity index (χ1v) is 11.2. The highest BCUT2D eigenvalue weighted by Crippen LogP contribution is 2.35. The second kappa shape index (κ2) is 7.75. The molecule has 9 heteroatoms. The molecular formula is C21H21N5O3S. The SMILES string of the molecule is O=S1(=O)c2cccnc2O[C@@H]2CN(Cc3cccnc3)C[C@H]2N1Cc1ccccn1. The van der Waals surface area contributed by atoms with E-state index in [9.17, 15) is 8.42 Å². The van der Waals surface area contributed by atoms with Crippen LogP contribution in [0.15, 0.2) is 72.1 Å². The van der Waals surface area contributed by atoms with Gasteiger partial charge in [0.2, 0.25) is 15.9 Å². The Kier molecular flexibility index (Phi) is 4.93. The predicted octanol–water partition coefficient (Wildman–Crippen LogP) is 1.71. The average Bonchev–Trinajstić information content (AvgIpc) is 3.11. The minimum absolute atomic E-state index is 0.106. The van der Waals surface area contributed by atoms with Crippen molar-refractivity contribution in [2.45, 2.75) is 30.1 Å². The van der Waals surface area contributed by atoms with Crippen molar-refractivity contribution in [1.29, 1.82) is 0 Å². The summed E-state index contributed by atoms with van der Waals surface area (Å²) < 4.78 is 34.8. The lowest BCUT2D eigenvalue weighted by Gasteiger charge is -2.27. The van der Waals surface area contributed by atoms with Crippen molar-refractivity contribution in [2.24, 2.45) is 0 Å². The second-order valence-electron chi connectivity index (χ2n) is 7.46. The van der Waals surface area contributed by atoms with Crippen molar-refractivity contribution >= 4 is 10.0 Å². The van der Waals surface area contributed by atoms with Crippen LogP contribution in [0.3, 0.4) is 0 Å². The van der Waals surface area contributed by atoms with E-state index in [0.29, 0.717) is 25.3 Å². The van der Waals surface area contributed by atoms with Gasteiger partial charge in [0.1, 0.15) is 11.0 Å². The third-order valence-corrected chi connectivity index (χ3v) is 7.33. The van der Waals surface area contributed by atoms with Gasteiger partial charge in [-0.1, -0.05) is 12.1 Å². The average molecular weight is 423 g/mol. The number of pyridine rings is 3. The van der Waals surface area contributed by atoms with Crippen LogP contribution in [0.5, 0.6) is 5.88 Å². The van der Waals surface area contributed by atoms with Gasteiger partial charge in [-0.15, -0.1) is 0 Å². The Bertz CT molecular complexity index is 1130. The first-order valence-electron chi connectivity index (χ1n) is 9.76. The van der Waals surface area contributed by atoms with Crippen molar-refractivity contribution < 1.29 is 13.2 Å². The number of aromatic nitrogens is 3. The monoisotopic (exact) mass is 423 g/mol. The summed E-state index contributed by atoms with van der Waals surface area (Å²) in [6.07, 6.45) is 6.47. The van der Waals surface area contributed by atoms with Gasteiger partial charge >= 0.3 is 0 Å². The van der Waals surface area contributed by atoms with E-state index in [1.807, 2.05) is 36.5 Å². The van der Waals surface area contributed by atoms with Crippen molar-refractivity contribution in [1.82, 2.24) is 24.2 Å². The molecule has 2 aliphatic heterocycles. The van der Waals surface area contributed by atoms with Gasteiger partial charge in [0, 0.05) is 44.4 Å². The molecule has 8 nitrogen and oxygen atoms in total. The van der Waals surface area contributed by atoms with Gasteiger partial charge in [-0.3, -0.25) is 14.9 Å². The van der Waals surface area contributed by atoms with E-state index in [4.69, 9.17) is 4.74 Å². The zero-order valence-electron chi connectivity index (χ0n) is 16.2. The Hall–Kier alpha value is -2.88. The molecule has 1 fully saturated rings. The summed E-state index contributed by atoms with van der Waals surface area (Å²) in [7, 11) is -3.80. The van der Waals surface area contributed by atoms with Crippen LogP contribution in [0, 0.1) is 0 Å². The van der Waals surface area contributed by atoms with Crippen LogP contribution < -0.4 is 4.74 Å². The fraction of sp³-hybridized carbons (Fsp3) is 0.286. The minimum Gasteiger partial charge on any atom is -0.470 e. The van der Waals surface area contributed by atoms with E-state index in [2.05, 4.69) is 19.9 Å². The first kappa shape index (κ1) is 19.1. The largest absolute Gasteiger partial charge is 0.470 e. The lowest BCUT2D eigenvalue weighted by molar-refractivity contribution is 0.143. The van der Waals surface area contributed by atoms with E-state index < -0.39 is 10.0 Å². The molecule has 0 saturated carbocycles. The van der Waals surface area contributed by atoms with Crippen LogP contribution in [0.25, 0.3) is 0 Å². The zero-order chi connectivity index (χ0) is 20.6. The lowest BCUT2D eigenvalue weighted by atomic mass is 10.2. The highest BCUT2D eigenvalue weighted by Gasteiger charge is 2.47. The highest BCUT2D eigenvalue weighted by atomic mass is 32.2. The Morgan fingerprint density at radius 3 is 2.63 bits per heavy atom. The molecule has 3 aromatic heterocycles. The van der Waals surface area contributed by atoms with Crippen molar-refractivity contribution in [3.8, 4) is 5.88 Å². The molecule has 5 rings (SSSR count). The van der Waals surface area contributed by atoms with E-state index >= 15 is 0 Å². The number of sulfonamides is 1. The molecule has 0 bridgehead atoms. The molecule has 0 radical (unpaired) electrons. The summed E-state index contributed by atoms with van der Waals surface area (Å²) in [5, 5.41) is 0. The van der Waals surface area contributed by atoms with Crippen LogP contribution >= 0.6 is 0 Å². The number of rotatable bonds is 4. The Labute approximate surface area is 175 Å². The quantitative estimate of drug-likeness (QED) is 0.631. The number of ether oxygens (including phenoxy) is 1. The van der Waals surface area contributed by atoms with E-state index in [0.717, 1.165) is 5.56 Å².